The zero-order valence-electron chi connectivity index (χ0n) is 13.7. The first-order valence-corrected chi connectivity index (χ1v) is 7.97. The Balaban J connectivity index is 1.83. The first kappa shape index (κ1) is 17.8. The van der Waals surface area contributed by atoms with E-state index < -0.39 is 18.1 Å². The summed E-state index contributed by atoms with van der Waals surface area (Å²) in [5, 5.41) is 8.66. The summed E-state index contributed by atoms with van der Waals surface area (Å²) in [4.78, 5) is 38.1. The van der Waals surface area contributed by atoms with Crippen LogP contribution in [0.1, 0.15) is 25.3 Å². The lowest BCUT2D eigenvalue weighted by atomic mass is 10.1. The van der Waals surface area contributed by atoms with E-state index in [2.05, 4.69) is 0 Å². The SMILES string of the molecule is C[C@H]1C(=O)N(CCCC(=O)O)CCN1C(=O)OCc1ccccc1. The van der Waals surface area contributed by atoms with Crippen molar-refractivity contribution in [3.8, 4) is 0 Å². The number of carbonyl (C=O) groups is 3. The fourth-order valence-corrected chi connectivity index (χ4v) is 2.62. The van der Waals surface area contributed by atoms with Gasteiger partial charge in [-0.2, -0.15) is 0 Å². The Morgan fingerprint density at radius 1 is 1.25 bits per heavy atom. The second kappa shape index (κ2) is 8.33. The normalized spacial score (nSPS) is 17.7. The minimum atomic E-state index is -0.876. The summed E-state index contributed by atoms with van der Waals surface area (Å²) in [6.45, 7) is 2.99. The molecule has 1 aliphatic heterocycles. The van der Waals surface area contributed by atoms with Crippen molar-refractivity contribution in [2.24, 2.45) is 0 Å². The summed E-state index contributed by atoms with van der Waals surface area (Å²) in [7, 11) is 0. The quantitative estimate of drug-likeness (QED) is 0.856. The lowest BCUT2D eigenvalue weighted by Crippen LogP contribution is -2.57. The van der Waals surface area contributed by atoms with E-state index in [1.807, 2.05) is 30.3 Å². The number of piperazine rings is 1. The molecule has 0 aliphatic carbocycles. The third kappa shape index (κ3) is 4.71. The number of aliphatic carboxylic acids is 1. The molecule has 1 aromatic carbocycles. The van der Waals surface area contributed by atoms with Crippen LogP contribution in [-0.4, -0.2) is 58.6 Å². The van der Waals surface area contributed by atoms with Gasteiger partial charge in [0.25, 0.3) is 0 Å². The van der Waals surface area contributed by atoms with Gasteiger partial charge in [0.1, 0.15) is 12.6 Å². The lowest BCUT2D eigenvalue weighted by molar-refractivity contribution is -0.141. The number of hydrogen-bond acceptors (Lipinski definition) is 4. The van der Waals surface area contributed by atoms with Gasteiger partial charge in [0.15, 0.2) is 0 Å². The van der Waals surface area contributed by atoms with Gasteiger partial charge < -0.3 is 14.7 Å². The molecule has 1 fully saturated rings. The van der Waals surface area contributed by atoms with Crippen LogP contribution in [0.25, 0.3) is 0 Å². The van der Waals surface area contributed by atoms with Crippen LogP contribution in [0.5, 0.6) is 0 Å². The Hall–Kier alpha value is -2.57. The zero-order valence-corrected chi connectivity index (χ0v) is 13.7. The summed E-state index contributed by atoms with van der Waals surface area (Å²) in [5.41, 5.74) is 0.886. The molecule has 0 aromatic heterocycles. The smallest absolute Gasteiger partial charge is 0.410 e. The molecule has 2 amide bonds. The Morgan fingerprint density at radius 3 is 2.62 bits per heavy atom. The lowest BCUT2D eigenvalue weighted by Gasteiger charge is -2.38. The molecule has 1 saturated heterocycles. The topological polar surface area (TPSA) is 87.2 Å². The van der Waals surface area contributed by atoms with E-state index in [9.17, 15) is 14.4 Å². The van der Waals surface area contributed by atoms with Gasteiger partial charge in [0.05, 0.1) is 0 Å². The molecular formula is C17H22N2O5. The molecule has 1 atom stereocenters. The van der Waals surface area contributed by atoms with Gasteiger partial charge in [-0.1, -0.05) is 30.3 Å². The van der Waals surface area contributed by atoms with E-state index in [1.165, 1.54) is 4.90 Å². The van der Waals surface area contributed by atoms with E-state index in [1.54, 1.807) is 11.8 Å². The number of carboxylic acid groups (broad SMARTS) is 1. The number of carboxylic acids is 1. The maximum atomic E-state index is 12.3. The minimum Gasteiger partial charge on any atom is -0.481 e. The van der Waals surface area contributed by atoms with Crippen molar-refractivity contribution in [2.75, 3.05) is 19.6 Å². The highest BCUT2D eigenvalue weighted by Gasteiger charge is 2.34. The number of carbonyl (C=O) groups excluding carboxylic acids is 2. The van der Waals surface area contributed by atoms with Crippen molar-refractivity contribution in [2.45, 2.75) is 32.4 Å². The Labute approximate surface area is 140 Å². The maximum Gasteiger partial charge on any atom is 0.410 e. The van der Waals surface area contributed by atoms with E-state index >= 15 is 0 Å². The third-order valence-corrected chi connectivity index (χ3v) is 4.01. The number of benzene rings is 1. The second-order valence-electron chi connectivity index (χ2n) is 5.73. The summed E-state index contributed by atoms with van der Waals surface area (Å²) >= 11 is 0. The molecule has 7 heteroatoms. The zero-order chi connectivity index (χ0) is 17.5. The molecule has 2 rings (SSSR count). The fourth-order valence-electron chi connectivity index (χ4n) is 2.62. The van der Waals surface area contributed by atoms with Crippen molar-refractivity contribution in [3.05, 3.63) is 35.9 Å². The van der Waals surface area contributed by atoms with Gasteiger partial charge in [-0.3, -0.25) is 14.5 Å². The van der Waals surface area contributed by atoms with Crippen LogP contribution in [-0.2, 0) is 20.9 Å². The van der Waals surface area contributed by atoms with Crippen LogP contribution in [0.4, 0.5) is 4.79 Å². The van der Waals surface area contributed by atoms with Crippen LogP contribution in [0.2, 0.25) is 0 Å². The molecule has 1 aliphatic rings. The van der Waals surface area contributed by atoms with Gasteiger partial charge >= 0.3 is 12.1 Å². The standard InChI is InChI=1S/C17H22N2O5/c1-13-16(22)18(9-5-8-15(20)21)10-11-19(13)17(23)24-12-14-6-3-2-4-7-14/h2-4,6-7,13H,5,8-12H2,1H3,(H,20,21)/t13-/m0/s1. The molecule has 130 valence electrons. The van der Waals surface area contributed by atoms with E-state index in [4.69, 9.17) is 9.84 Å². The molecule has 1 aromatic rings. The largest absolute Gasteiger partial charge is 0.481 e. The number of amides is 2. The fraction of sp³-hybridized carbons (Fsp3) is 0.471. The average Bonchev–Trinajstić information content (AvgIpc) is 2.57. The Bertz CT molecular complexity index is 590. The molecule has 1 N–H and O–H groups in total. The maximum absolute atomic E-state index is 12.3. The third-order valence-electron chi connectivity index (χ3n) is 4.01. The van der Waals surface area contributed by atoms with Crippen molar-refractivity contribution >= 4 is 18.0 Å². The molecule has 24 heavy (non-hydrogen) atoms. The molecule has 0 saturated carbocycles. The van der Waals surface area contributed by atoms with Crippen LogP contribution in [0.15, 0.2) is 30.3 Å². The van der Waals surface area contributed by atoms with Crippen LogP contribution < -0.4 is 0 Å². The van der Waals surface area contributed by atoms with Crippen molar-refractivity contribution in [1.29, 1.82) is 0 Å². The molecule has 0 bridgehead atoms. The Kier molecular flexibility index (Phi) is 6.17. The number of ether oxygens (including phenoxy) is 1. The monoisotopic (exact) mass is 334 g/mol. The molecule has 7 nitrogen and oxygen atoms in total. The highest BCUT2D eigenvalue weighted by atomic mass is 16.6. The van der Waals surface area contributed by atoms with E-state index in [0.717, 1.165) is 5.56 Å². The molecule has 1 heterocycles. The molecule has 0 unspecified atom stereocenters. The van der Waals surface area contributed by atoms with Gasteiger partial charge in [0.2, 0.25) is 5.91 Å². The van der Waals surface area contributed by atoms with E-state index in [-0.39, 0.29) is 18.9 Å². The minimum absolute atomic E-state index is 0.0288. The van der Waals surface area contributed by atoms with Crippen LogP contribution in [0, 0.1) is 0 Å². The Morgan fingerprint density at radius 2 is 1.96 bits per heavy atom. The second-order valence-corrected chi connectivity index (χ2v) is 5.73. The van der Waals surface area contributed by atoms with Gasteiger partial charge in [-0.15, -0.1) is 0 Å². The van der Waals surface area contributed by atoms with Crippen LogP contribution >= 0.6 is 0 Å². The number of hydrogen-bond donors (Lipinski definition) is 1. The van der Waals surface area contributed by atoms with Crippen molar-refractivity contribution in [1.82, 2.24) is 9.80 Å². The summed E-state index contributed by atoms with van der Waals surface area (Å²) in [6.07, 6.45) is -0.0716. The van der Waals surface area contributed by atoms with Gasteiger partial charge in [0, 0.05) is 26.1 Å². The summed E-state index contributed by atoms with van der Waals surface area (Å²) in [6, 6.07) is 8.74. The van der Waals surface area contributed by atoms with Gasteiger partial charge in [-0.05, 0) is 18.9 Å². The van der Waals surface area contributed by atoms with Crippen molar-refractivity contribution in [3.63, 3.8) is 0 Å². The molecule has 0 radical (unpaired) electrons. The summed E-state index contributed by atoms with van der Waals surface area (Å²) < 4.78 is 5.27. The number of rotatable bonds is 6. The first-order valence-electron chi connectivity index (χ1n) is 7.97. The first-order chi connectivity index (χ1) is 11.5. The highest BCUT2D eigenvalue weighted by molar-refractivity contribution is 5.86. The van der Waals surface area contributed by atoms with Gasteiger partial charge in [-0.25, -0.2) is 4.79 Å². The highest BCUT2D eigenvalue weighted by Crippen LogP contribution is 2.14. The average molecular weight is 334 g/mol. The summed E-state index contributed by atoms with van der Waals surface area (Å²) in [5.74, 6) is -1.05. The predicted molar refractivity (Wildman–Crippen MR) is 86.2 cm³/mol. The predicted octanol–water partition coefficient (Wildman–Crippen LogP) is 1.72. The molecular weight excluding hydrogens is 312 g/mol. The number of nitrogens with zero attached hydrogens (tertiary/aromatic N) is 2. The van der Waals surface area contributed by atoms with Crippen LogP contribution in [0.3, 0.4) is 0 Å². The van der Waals surface area contributed by atoms with E-state index in [0.29, 0.717) is 26.1 Å². The van der Waals surface area contributed by atoms with Crippen molar-refractivity contribution < 1.29 is 24.2 Å². The molecule has 0 spiro atoms.